The largest absolute Gasteiger partial charge is 0.496 e. The van der Waals surface area contributed by atoms with Gasteiger partial charge >= 0.3 is 6.09 Å². The van der Waals surface area contributed by atoms with Crippen LogP contribution in [0.25, 0.3) is 22.0 Å². The van der Waals surface area contributed by atoms with E-state index in [9.17, 15) is 9.59 Å². The number of alkyl carbamates (subject to hydrolysis) is 1. The van der Waals surface area contributed by atoms with Crippen LogP contribution in [0.1, 0.15) is 50.3 Å². The number of benzene rings is 2. The Kier molecular flexibility index (Phi) is 6.63. The van der Waals surface area contributed by atoms with E-state index in [0.29, 0.717) is 6.54 Å². The monoisotopic (exact) mass is 436 g/mol. The van der Waals surface area contributed by atoms with Gasteiger partial charge in [0.1, 0.15) is 11.4 Å². The van der Waals surface area contributed by atoms with E-state index in [1.807, 2.05) is 40.7 Å². The number of rotatable bonds is 5. The van der Waals surface area contributed by atoms with Gasteiger partial charge < -0.3 is 19.8 Å². The van der Waals surface area contributed by atoms with Gasteiger partial charge in [0, 0.05) is 23.6 Å². The normalized spacial score (nSPS) is 12.5. The van der Waals surface area contributed by atoms with E-state index < -0.39 is 11.7 Å². The number of methoxy groups -OCH3 is 1. The maximum Gasteiger partial charge on any atom is 0.407 e. The molecule has 170 valence electrons. The summed E-state index contributed by atoms with van der Waals surface area (Å²) in [5, 5.41) is 3.81. The first-order valence-electron chi connectivity index (χ1n) is 10.8. The standard InChI is InChI=1S/C26H32N2O4/c1-15-13-21(29)28-24-16(2)12-20(31-7)23(22(15)24)19-10-8-18(9-11-19)17(3)14-27-25(30)32-26(4,5)6/h8-13,17H,14H2,1-7H3,(H,27,30)(H,28,29)/t17-/m0/s1. The molecular weight excluding hydrogens is 404 g/mol. The van der Waals surface area contributed by atoms with Crippen LogP contribution in [-0.2, 0) is 4.74 Å². The van der Waals surface area contributed by atoms with Crippen LogP contribution in [0.3, 0.4) is 0 Å². The van der Waals surface area contributed by atoms with Crippen LogP contribution >= 0.6 is 0 Å². The summed E-state index contributed by atoms with van der Waals surface area (Å²) in [6.45, 7) is 12.0. The number of amides is 1. The van der Waals surface area contributed by atoms with Crippen molar-refractivity contribution < 1.29 is 14.3 Å². The molecule has 1 heterocycles. The van der Waals surface area contributed by atoms with Crippen molar-refractivity contribution in [3.05, 3.63) is 63.4 Å². The lowest BCUT2D eigenvalue weighted by Crippen LogP contribution is -2.34. The predicted molar refractivity (Wildman–Crippen MR) is 129 cm³/mol. The third-order valence-electron chi connectivity index (χ3n) is 5.42. The van der Waals surface area contributed by atoms with Crippen molar-refractivity contribution in [1.29, 1.82) is 0 Å². The van der Waals surface area contributed by atoms with Gasteiger partial charge in [0.2, 0.25) is 5.56 Å². The number of aryl methyl sites for hydroxylation is 2. The Morgan fingerprint density at radius 2 is 1.75 bits per heavy atom. The quantitative estimate of drug-likeness (QED) is 0.557. The second kappa shape index (κ2) is 9.07. The molecular formula is C26H32N2O4. The van der Waals surface area contributed by atoms with Crippen molar-refractivity contribution in [2.24, 2.45) is 0 Å². The van der Waals surface area contributed by atoms with Gasteiger partial charge in [0.25, 0.3) is 0 Å². The first kappa shape index (κ1) is 23.4. The zero-order valence-corrected chi connectivity index (χ0v) is 19.9. The third kappa shape index (κ3) is 5.13. The molecule has 2 N–H and O–H groups in total. The van der Waals surface area contributed by atoms with Crippen LogP contribution in [-0.4, -0.2) is 30.3 Å². The molecule has 6 nitrogen and oxygen atoms in total. The van der Waals surface area contributed by atoms with Crippen LogP contribution in [0.4, 0.5) is 4.79 Å². The van der Waals surface area contributed by atoms with E-state index in [0.717, 1.165) is 44.5 Å². The molecule has 1 amide bonds. The number of carbonyl (C=O) groups is 1. The van der Waals surface area contributed by atoms with Gasteiger partial charge in [0.05, 0.1) is 12.6 Å². The number of pyridine rings is 1. The molecule has 0 fully saturated rings. The Balaban J connectivity index is 1.92. The lowest BCUT2D eigenvalue weighted by Gasteiger charge is -2.21. The van der Waals surface area contributed by atoms with Gasteiger partial charge in [0.15, 0.2) is 0 Å². The van der Waals surface area contributed by atoms with Crippen LogP contribution < -0.4 is 15.6 Å². The lowest BCUT2D eigenvalue weighted by atomic mass is 9.92. The van der Waals surface area contributed by atoms with Crippen LogP contribution in [0, 0.1) is 13.8 Å². The highest BCUT2D eigenvalue weighted by Gasteiger charge is 2.18. The summed E-state index contributed by atoms with van der Waals surface area (Å²) in [4.78, 5) is 26.9. The first-order valence-corrected chi connectivity index (χ1v) is 10.8. The zero-order chi connectivity index (χ0) is 23.6. The minimum Gasteiger partial charge on any atom is -0.496 e. The number of ether oxygens (including phenoxy) is 2. The fourth-order valence-electron chi connectivity index (χ4n) is 3.86. The van der Waals surface area contributed by atoms with Crippen LogP contribution in [0.15, 0.2) is 41.2 Å². The summed E-state index contributed by atoms with van der Waals surface area (Å²) >= 11 is 0. The minimum absolute atomic E-state index is 0.115. The van der Waals surface area contributed by atoms with Crippen LogP contribution in [0.5, 0.6) is 5.75 Å². The molecule has 32 heavy (non-hydrogen) atoms. The number of aromatic nitrogens is 1. The molecule has 0 saturated carbocycles. The van der Waals surface area contributed by atoms with E-state index in [2.05, 4.69) is 41.5 Å². The topological polar surface area (TPSA) is 80.4 Å². The van der Waals surface area contributed by atoms with Gasteiger partial charge in [-0.15, -0.1) is 0 Å². The summed E-state index contributed by atoms with van der Waals surface area (Å²) in [5.74, 6) is 0.879. The molecule has 0 bridgehead atoms. The molecule has 1 atom stereocenters. The summed E-state index contributed by atoms with van der Waals surface area (Å²) in [6, 6.07) is 11.8. The molecule has 3 aromatic rings. The number of hydrogen-bond acceptors (Lipinski definition) is 4. The van der Waals surface area contributed by atoms with Crippen LogP contribution in [0.2, 0.25) is 0 Å². The van der Waals surface area contributed by atoms with Crippen molar-refractivity contribution in [2.45, 2.75) is 53.1 Å². The fourth-order valence-corrected chi connectivity index (χ4v) is 3.86. The molecule has 0 spiro atoms. The maximum absolute atomic E-state index is 12.0. The van der Waals surface area contributed by atoms with Crippen molar-refractivity contribution in [1.82, 2.24) is 10.3 Å². The summed E-state index contributed by atoms with van der Waals surface area (Å²) < 4.78 is 11.0. The van der Waals surface area contributed by atoms with Gasteiger partial charge in [-0.3, -0.25) is 4.79 Å². The highest BCUT2D eigenvalue weighted by atomic mass is 16.6. The molecule has 0 aliphatic carbocycles. The van der Waals surface area contributed by atoms with Crippen molar-refractivity contribution in [3.8, 4) is 16.9 Å². The predicted octanol–water partition coefficient (Wildman–Crippen LogP) is 5.45. The zero-order valence-electron chi connectivity index (χ0n) is 19.9. The van der Waals surface area contributed by atoms with Gasteiger partial charge in [-0.25, -0.2) is 4.79 Å². The SMILES string of the molecule is COc1cc(C)c2[nH]c(=O)cc(C)c2c1-c1ccc([C@@H](C)CNC(=O)OC(C)(C)C)cc1. The van der Waals surface area contributed by atoms with E-state index in [-0.39, 0.29) is 11.5 Å². The number of hydrogen-bond donors (Lipinski definition) is 2. The Morgan fingerprint density at radius 3 is 2.34 bits per heavy atom. The molecule has 2 aromatic carbocycles. The van der Waals surface area contributed by atoms with E-state index in [1.54, 1.807) is 13.2 Å². The minimum atomic E-state index is -0.521. The molecule has 0 radical (unpaired) electrons. The Labute approximate surface area is 189 Å². The Bertz CT molecular complexity index is 1190. The highest BCUT2D eigenvalue weighted by Crippen LogP contribution is 2.39. The summed E-state index contributed by atoms with van der Waals surface area (Å²) in [6.07, 6.45) is -0.415. The smallest absolute Gasteiger partial charge is 0.407 e. The molecule has 3 rings (SSSR count). The molecule has 0 unspecified atom stereocenters. The lowest BCUT2D eigenvalue weighted by molar-refractivity contribution is 0.0525. The highest BCUT2D eigenvalue weighted by molar-refractivity contribution is 6.01. The summed E-state index contributed by atoms with van der Waals surface area (Å²) in [7, 11) is 1.66. The van der Waals surface area contributed by atoms with Gasteiger partial charge in [-0.1, -0.05) is 31.2 Å². The third-order valence-corrected chi connectivity index (χ3v) is 5.42. The van der Waals surface area contributed by atoms with Crippen molar-refractivity contribution in [3.63, 3.8) is 0 Å². The number of carbonyl (C=O) groups excluding carboxylic acids is 1. The average molecular weight is 437 g/mol. The Morgan fingerprint density at radius 1 is 1.09 bits per heavy atom. The second-order valence-corrected chi connectivity index (χ2v) is 9.24. The number of fused-ring (bicyclic) bond motifs is 1. The summed E-state index contributed by atoms with van der Waals surface area (Å²) in [5.41, 5.74) is 5.10. The second-order valence-electron chi connectivity index (χ2n) is 9.24. The number of nitrogens with one attached hydrogen (secondary N) is 2. The van der Waals surface area contributed by atoms with Crippen molar-refractivity contribution in [2.75, 3.05) is 13.7 Å². The molecule has 0 saturated heterocycles. The number of H-pyrrole nitrogens is 1. The molecule has 0 aliphatic heterocycles. The van der Waals surface area contributed by atoms with E-state index >= 15 is 0 Å². The molecule has 1 aromatic heterocycles. The van der Waals surface area contributed by atoms with Gasteiger partial charge in [-0.05, 0) is 68.9 Å². The first-order chi connectivity index (χ1) is 15.0. The van der Waals surface area contributed by atoms with E-state index in [4.69, 9.17) is 9.47 Å². The van der Waals surface area contributed by atoms with Crippen molar-refractivity contribution >= 4 is 17.0 Å². The number of aromatic amines is 1. The maximum atomic E-state index is 12.0. The van der Waals surface area contributed by atoms with E-state index in [1.165, 1.54) is 0 Å². The fraction of sp³-hybridized carbons (Fsp3) is 0.385. The molecule has 6 heteroatoms. The molecule has 0 aliphatic rings. The Hall–Kier alpha value is -3.28. The van der Waals surface area contributed by atoms with Gasteiger partial charge in [-0.2, -0.15) is 0 Å². The average Bonchev–Trinajstić information content (AvgIpc) is 2.71.